The maximum Gasteiger partial charge on any atom is 0.263 e. The summed E-state index contributed by atoms with van der Waals surface area (Å²) in [6, 6.07) is 4.83. The van der Waals surface area contributed by atoms with Crippen molar-refractivity contribution in [2.75, 3.05) is 24.0 Å². The SMILES string of the molecule is C[C@H]([C@@H]1NC(=O)[C@H](CS(C)=O)NC1=O)[C@@]1(O)C(=O)N(C)c2ccccc21. The van der Waals surface area contributed by atoms with Gasteiger partial charge in [0.2, 0.25) is 11.8 Å². The molecule has 3 rings (SSSR count). The number of anilines is 1. The quantitative estimate of drug-likeness (QED) is 0.611. The standard InChI is InChI=1S/C17H21N3O5S/c1-9(13-15(22)18-11(8-26(3)25)14(21)19-13)17(24)10-6-4-5-7-12(10)20(2)16(17)23/h4-7,9,11,13,24H,8H2,1-3H3,(H,18,22)(H,19,21)/t9-,11+,13+,17+,26?/m1/s1. The van der Waals surface area contributed by atoms with Crippen LogP contribution in [0, 0.1) is 5.92 Å². The van der Waals surface area contributed by atoms with Gasteiger partial charge in [0, 0.05) is 35.6 Å². The molecule has 8 nitrogen and oxygen atoms in total. The van der Waals surface area contributed by atoms with Crippen LogP contribution >= 0.6 is 0 Å². The molecule has 26 heavy (non-hydrogen) atoms. The molecule has 3 amide bonds. The monoisotopic (exact) mass is 379 g/mol. The number of hydrogen-bond acceptors (Lipinski definition) is 5. The second kappa shape index (κ2) is 6.48. The van der Waals surface area contributed by atoms with E-state index in [4.69, 9.17) is 0 Å². The first-order valence-corrected chi connectivity index (χ1v) is 9.91. The average molecular weight is 379 g/mol. The Labute approximate surface area is 153 Å². The van der Waals surface area contributed by atoms with Gasteiger partial charge in [-0.3, -0.25) is 18.6 Å². The van der Waals surface area contributed by atoms with Crippen molar-refractivity contribution in [3.05, 3.63) is 29.8 Å². The second-order valence-electron chi connectivity index (χ2n) is 6.72. The third kappa shape index (κ3) is 2.71. The molecule has 1 aromatic carbocycles. The van der Waals surface area contributed by atoms with Crippen LogP contribution in [0.3, 0.4) is 0 Å². The lowest BCUT2D eigenvalue weighted by Gasteiger charge is -2.38. The highest BCUT2D eigenvalue weighted by atomic mass is 32.2. The molecule has 2 aliphatic rings. The Balaban J connectivity index is 1.91. The van der Waals surface area contributed by atoms with E-state index in [1.54, 1.807) is 38.2 Å². The number of nitrogens with zero attached hydrogens (tertiary/aromatic N) is 1. The molecule has 0 bridgehead atoms. The molecule has 0 radical (unpaired) electrons. The highest BCUT2D eigenvalue weighted by Gasteiger charge is 2.56. The zero-order chi connectivity index (χ0) is 19.2. The zero-order valence-electron chi connectivity index (χ0n) is 14.7. The van der Waals surface area contributed by atoms with Gasteiger partial charge in [-0.05, 0) is 6.07 Å². The van der Waals surface area contributed by atoms with Crippen LogP contribution in [0.1, 0.15) is 12.5 Å². The Kier molecular flexibility index (Phi) is 4.61. The van der Waals surface area contributed by atoms with Gasteiger partial charge in [0.05, 0.1) is 11.4 Å². The highest BCUT2D eigenvalue weighted by molar-refractivity contribution is 7.84. The molecular weight excluding hydrogens is 358 g/mol. The van der Waals surface area contributed by atoms with Gasteiger partial charge in [-0.15, -0.1) is 0 Å². The van der Waals surface area contributed by atoms with Crippen molar-refractivity contribution in [2.45, 2.75) is 24.6 Å². The lowest BCUT2D eigenvalue weighted by atomic mass is 9.78. The Bertz CT molecular complexity index is 813. The summed E-state index contributed by atoms with van der Waals surface area (Å²) >= 11 is 0. The first-order chi connectivity index (χ1) is 12.2. The van der Waals surface area contributed by atoms with Crippen LogP contribution in [0.2, 0.25) is 0 Å². The summed E-state index contributed by atoms with van der Waals surface area (Å²) in [6.45, 7) is 1.55. The molecule has 2 heterocycles. The van der Waals surface area contributed by atoms with E-state index in [-0.39, 0.29) is 5.75 Å². The number of fused-ring (bicyclic) bond motifs is 1. The number of nitrogens with one attached hydrogen (secondary N) is 2. The molecule has 3 N–H and O–H groups in total. The molecule has 0 aliphatic carbocycles. The van der Waals surface area contributed by atoms with Gasteiger partial charge in [-0.1, -0.05) is 25.1 Å². The first kappa shape index (κ1) is 18.5. The summed E-state index contributed by atoms with van der Waals surface area (Å²) in [4.78, 5) is 38.9. The van der Waals surface area contributed by atoms with E-state index >= 15 is 0 Å². The van der Waals surface area contributed by atoms with E-state index in [0.29, 0.717) is 11.3 Å². The summed E-state index contributed by atoms with van der Waals surface area (Å²) < 4.78 is 11.3. The van der Waals surface area contributed by atoms with Crippen LogP contribution in [0.25, 0.3) is 0 Å². The third-order valence-electron chi connectivity index (χ3n) is 5.08. The van der Waals surface area contributed by atoms with Crippen LogP contribution in [-0.4, -0.2) is 58.2 Å². The van der Waals surface area contributed by atoms with Crippen molar-refractivity contribution in [1.82, 2.24) is 10.6 Å². The normalized spacial score (nSPS) is 30.5. The van der Waals surface area contributed by atoms with Gasteiger partial charge in [0.1, 0.15) is 12.1 Å². The number of aliphatic hydroxyl groups is 1. The minimum absolute atomic E-state index is 0.00738. The molecule has 1 unspecified atom stereocenters. The van der Waals surface area contributed by atoms with Crippen molar-refractivity contribution in [3.63, 3.8) is 0 Å². The predicted octanol–water partition coefficient (Wildman–Crippen LogP) is -1.15. The predicted molar refractivity (Wildman–Crippen MR) is 95.7 cm³/mol. The van der Waals surface area contributed by atoms with Crippen LogP contribution in [0.5, 0.6) is 0 Å². The fraction of sp³-hybridized carbons (Fsp3) is 0.471. The van der Waals surface area contributed by atoms with E-state index in [1.807, 2.05) is 0 Å². The zero-order valence-corrected chi connectivity index (χ0v) is 15.5. The second-order valence-corrected chi connectivity index (χ2v) is 8.20. The van der Waals surface area contributed by atoms with Gasteiger partial charge in [-0.2, -0.15) is 0 Å². The number of piperazine rings is 1. The van der Waals surface area contributed by atoms with E-state index in [0.717, 1.165) is 0 Å². The van der Waals surface area contributed by atoms with Gasteiger partial charge in [0.25, 0.3) is 5.91 Å². The molecule has 0 spiro atoms. The summed E-state index contributed by atoms with van der Waals surface area (Å²) in [6.07, 6.45) is 1.45. The van der Waals surface area contributed by atoms with E-state index in [9.17, 15) is 23.7 Å². The van der Waals surface area contributed by atoms with Crippen LogP contribution < -0.4 is 15.5 Å². The molecule has 5 atom stereocenters. The molecule has 140 valence electrons. The molecule has 0 aromatic heterocycles. The number of likely N-dealkylation sites (N-methyl/N-ethyl adjacent to an activating group) is 1. The number of benzene rings is 1. The van der Waals surface area contributed by atoms with Crippen LogP contribution in [0.4, 0.5) is 5.69 Å². The number of rotatable bonds is 4. The Morgan fingerprint density at radius 2 is 1.88 bits per heavy atom. The lowest BCUT2D eigenvalue weighted by molar-refractivity contribution is -0.149. The van der Waals surface area contributed by atoms with E-state index in [1.165, 1.54) is 11.2 Å². The minimum atomic E-state index is -1.93. The molecule has 0 saturated carbocycles. The number of hydrogen-bond donors (Lipinski definition) is 3. The fourth-order valence-corrected chi connectivity index (χ4v) is 4.30. The number of carbonyl (C=O) groups excluding carboxylic acids is 3. The van der Waals surface area contributed by atoms with E-state index < -0.39 is 52.1 Å². The average Bonchev–Trinajstić information content (AvgIpc) is 2.80. The van der Waals surface area contributed by atoms with Gasteiger partial charge < -0.3 is 20.6 Å². The number of carbonyl (C=O) groups is 3. The van der Waals surface area contributed by atoms with Crippen molar-refractivity contribution in [1.29, 1.82) is 0 Å². The van der Waals surface area contributed by atoms with Crippen molar-refractivity contribution >= 4 is 34.2 Å². The van der Waals surface area contributed by atoms with Crippen LogP contribution in [-0.2, 0) is 30.8 Å². The Morgan fingerprint density at radius 3 is 2.54 bits per heavy atom. The third-order valence-corrected chi connectivity index (χ3v) is 5.88. The highest BCUT2D eigenvalue weighted by Crippen LogP contribution is 2.45. The topological polar surface area (TPSA) is 116 Å². The molecule has 1 saturated heterocycles. The van der Waals surface area contributed by atoms with Crippen molar-refractivity contribution in [3.8, 4) is 0 Å². The smallest absolute Gasteiger partial charge is 0.263 e. The Hall–Kier alpha value is -2.26. The molecular formula is C17H21N3O5S. The summed E-state index contributed by atoms with van der Waals surface area (Å²) in [5, 5.41) is 16.4. The van der Waals surface area contributed by atoms with Gasteiger partial charge in [-0.25, -0.2) is 0 Å². The van der Waals surface area contributed by atoms with Gasteiger partial charge in [0.15, 0.2) is 5.60 Å². The Morgan fingerprint density at radius 1 is 1.23 bits per heavy atom. The van der Waals surface area contributed by atoms with Crippen LogP contribution in [0.15, 0.2) is 24.3 Å². The van der Waals surface area contributed by atoms with Crippen molar-refractivity contribution in [2.24, 2.45) is 5.92 Å². The molecule has 1 fully saturated rings. The largest absolute Gasteiger partial charge is 0.375 e. The molecule has 2 aliphatic heterocycles. The first-order valence-electron chi connectivity index (χ1n) is 8.18. The summed E-state index contributed by atoms with van der Waals surface area (Å²) in [7, 11) is 0.297. The summed E-state index contributed by atoms with van der Waals surface area (Å²) in [5.74, 6) is -2.44. The van der Waals surface area contributed by atoms with E-state index in [2.05, 4.69) is 10.6 Å². The molecule has 9 heteroatoms. The number of para-hydroxylation sites is 1. The maximum absolute atomic E-state index is 12.8. The van der Waals surface area contributed by atoms with Gasteiger partial charge >= 0.3 is 0 Å². The van der Waals surface area contributed by atoms with Crippen molar-refractivity contribution < 1.29 is 23.7 Å². The number of amides is 3. The summed E-state index contributed by atoms with van der Waals surface area (Å²) in [5.41, 5.74) is -0.964. The lowest BCUT2D eigenvalue weighted by Crippen LogP contribution is -2.67. The fourth-order valence-electron chi connectivity index (χ4n) is 3.60. The minimum Gasteiger partial charge on any atom is -0.375 e. The molecule has 1 aromatic rings. The maximum atomic E-state index is 12.8.